The van der Waals surface area contributed by atoms with Crippen molar-refractivity contribution in [2.24, 2.45) is 11.8 Å². The van der Waals surface area contributed by atoms with E-state index in [0.29, 0.717) is 25.9 Å². The lowest BCUT2D eigenvalue weighted by Crippen LogP contribution is -2.46. The number of hydrogen-bond acceptors (Lipinski definition) is 3. The maximum absolute atomic E-state index is 12.0. The maximum Gasteiger partial charge on any atom is 0.306 e. The van der Waals surface area contributed by atoms with Gasteiger partial charge in [-0.1, -0.05) is 12.2 Å². The summed E-state index contributed by atoms with van der Waals surface area (Å²) < 4.78 is 0. The van der Waals surface area contributed by atoms with Gasteiger partial charge in [0, 0.05) is 19.0 Å². The molecule has 0 aromatic rings. The molecule has 1 aliphatic carbocycles. The first-order chi connectivity index (χ1) is 10.1. The summed E-state index contributed by atoms with van der Waals surface area (Å²) in [5.74, 6) is -1.36. The molecule has 1 heterocycles. The van der Waals surface area contributed by atoms with Crippen LogP contribution in [0.2, 0.25) is 0 Å². The average molecular weight is 294 g/mol. The average Bonchev–Trinajstić information content (AvgIpc) is 2.53. The minimum atomic E-state index is -0.791. The Labute approximate surface area is 124 Å². The van der Waals surface area contributed by atoms with Crippen LogP contribution in [0.15, 0.2) is 12.2 Å². The number of aliphatic carboxylic acids is 1. The second kappa shape index (κ2) is 7.24. The normalized spacial score (nSPS) is 22.9. The Balaban J connectivity index is 1.71. The molecule has 1 saturated heterocycles. The van der Waals surface area contributed by atoms with Crippen LogP contribution >= 0.6 is 0 Å². The number of carbonyl (C=O) groups excluding carboxylic acids is 2. The van der Waals surface area contributed by atoms with Gasteiger partial charge in [0.05, 0.1) is 12.5 Å². The van der Waals surface area contributed by atoms with Gasteiger partial charge in [0.25, 0.3) is 0 Å². The van der Waals surface area contributed by atoms with Crippen molar-refractivity contribution in [3.63, 3.8) is 0 Å². The zero-order chi connectivity index (χ0) is 15.2. The molecule has 0 bridgehead atoms. The van der Waals surface area contributed by atoms with Crippen LogP contribution in [0.25, 0.3) is 0 Å². The van der Waals surface area contributed by atoms with E-state index in [1.807, 2.05) is 6.08 Å². The second-order valence-electron chi connectivity index (χ2n) is 5.69. The van der Waals surface area contributed by atoms with Gasteiger partial charge in [-0.3, -0.25) is 14.4 Å². The highest BCUT2D eigenvalue weighted by Crippen LogP contribution is 2.19. The van der Waals surface area contributed by atoms with Crippen molar-refractivity contribution < 1.29 is 19.5 Å². The molecule has 6 heteroatoms. The number of nitrogens with one attached hydrogen (secondary N) is 1. The van der Waals surface area contributed by atoms with Gasteiger partial charge >= 0.3 is 5.97 Å². The number of carboxylic acids is 1. The van der Waals surface area contributed by atoms with Crippen LogP contribution < -0.4 is 5.32 Å². The quantitative estimate of drug-likeness (QED) is 0.750. The molecule has 0 aromatic heterocycles. The molecule has 0 radical (unpaired) electrons. The zero-order valence-corrected chi connectivity index (χ0v) is 12.1. The smallest absolute Gasteiger partial charge is 0.306 e. The number of allylic oxidation sites excluding steroid dienone is 2. The summed E-state index contributed by atoms with van der Waals surface area (Å²) in [5.41, 5.74) is 0. The molecular weight excluding hydrogens is 272 g/mol. The Bertz CT molecular complexity index is 439. The molecule has 116 valence electrons. The van der Waals surface area contributed by atoms with Crippen molar-refractivity contribution >= 4 is 17.8 Å². The first-order valence-electron chi connectivity index (χ1n) is 7.51. The molecule has 2 N–H and O–H groups in total. The van der Waals surface area contributed by atoms with Gasteiger partial charge in [-0.15, -0.1) is 0 Å². The molecule has 1 fully saturated rings. The standard InChI is InChI=1S/C15H22N2O4/c18-13(17-8-6-12(7-9-17)15(20)21)10-16-14(19)11-4-2-1-3-5-11/h1-2,11-12H,3-10H2,(H,16,19)(H,20,21). The van der Waals surface area contributed by atoms with Crippen LogP contribution in [0.5, 0.6) is 0 Å². The Morgan fingerprint density at radius 3 is 2.38 bits per heavy atom. The minimum absolute atomic E-state index is 0.0107. The second-order valence-corrected chi connectivity index (χ2v) is 5.69. The summed E-state index contributed by atoms with van der Waals surface area (Å²) in [6, 6.07) is 0. The molecule has 0 aromatic carbocycles. The molecule has 0 spiro atoms. The number of rotatable bonds is 4. The largest absolute Gasteiger partial charge is 0.481 e. The molecular formula is C15H22N2O4. The van der Waals surface area contributed by atoms with Crippen molar-refractivity contribution in [1.29, 1.82) is 0 Å². The molecule has 2 rings (SSSR count). The van der Waals surface area contributed by atoms with E-state index in [2.05, 4.69) is 11.4 Å². The topological polar surface area (TPSA) is 86.7 Å². The SMILES string of the molecule is O=C(O)C1CCN(C(=O)CNC(=O)C2CC=CCC2)CC1. The molecule has 0 saturated carbocycles. The van der Waals surface area contributed by atoms with Crippen LogP contribution in [0.3, 0.4) is 0 Å². The number of likely N-dealkylation sites (tertiary alicyclic amines) is 1. The minimum Gasteiger partial charge on any atom is -0.481 e. The Morgan fingerprint density at radius 1 is 1.10 bits per heavy atom. The van der Waals surface area contributed by atoms with E-state index in [1.54, 1.807) is 4.90 Å². The molecule has 2 amide bonds. The lowest BCUT2D eigenvalue weighted by Gasteiger charge is -2.30. The third kappa shape index (κ3) is 4.31. The van der Waals surface area contributed by atoms with Crippen LogP contribution in [-0.4, -0.2) is 47.4 Å². The first kappa shape index (κ1) is 15.5. The van der Waals surface area contributed by atoms with Crippen LogP contribution in [0.4, 0.5) is 0 Å². The number of amides is 2. The fourth-order valence-electron chi connectivity index (χ4n) is 2.83. The van der Waals surface area contributed by atoms with E-state index >= 15 is 0 Å². The van der Waals surface area contributed by atoms with Crippen LogP contribution in [0, 0.1) is 11.8 Å². The van der Waals surface area contributed by atoms with Crippen LogP contribution in [-0.2, 0) is 14.4 Å². The molecule has 21 heavy (non-hydrogen) atoms. The summed E-state index contributed by atoms with van der Waals surface area (Å²) in [6.45, 7) is 0.923. The fourth-order valence-corrected chi connectivity index (χ4v) is 2.83. The van der Waals surface area contributed by atoms with E-state index in [-0.39, 0.29) is 30.2 Å². The maximum atomic E-state index is 12.0. The van der Waals surface area contributed by atoms with E-state index in [4.69, 9.17) is 5.11 Å². The highest BCUT2D eigenvalue weighted by Gasteiger charge is 2.27. The zero-order valence-electron chi connectivity index (χ0n) is 12.1. The van der Waals surface area contributed by atoms with Crippen molar-refractivity contribution in [3.05, 3.63) is 12.2 Å². The van der Waals surface area contributed by atoms with Gasteiger partial charge in [-0.2, -0.15) is 0 Å². The van der Waals surface area contributed by atoms with Gasteiger partial charge in [0.1, 0.15) is 0 Å². The monoisotopic (exact) mass is 294 g/mol. The summed E-state index contributed by atoms with van der Waals surface area (Å²) >= 11 is 0. The van der Waals surface area contributed by atoms with Gasteiger partial charge < -0.3 is 15.3 Å². The fraction of sp³-hybridized carbons (Fsp3) is 0.667. The highest BCUT2D eigenvalue weighted by molar-refractivity contribution is 5.86. The van der Waals surface area contributed by atoms with Crippen molar-refractivity contribution in [3.8, 4) is 0 Å². The summed E-state index contributed by atoms with van der Waals surface area (Å²) in [6.07, 6.45) is 7.54. The Kier molecular flexibility index (Phi) is 5.36. The molecule has 1 atom stereocenters. The number of carbonyl (C=O) groups is 3. The van der Waals surface area contributed by atoms with Gasteiger partial charge in [-0.25, -0.2) is 0 Å². The molecule has 1 unspecified atom stereocenters. The molecule has 2 aliphatic rings. The lowest BCUT2D eigenvalue weighted by atomic mass is 9.94. The molecule has 1 aliphatic heterocycles. The van der Waals surface area contributed by atoms with Crippen molar-refractivity contribution in [1.82, 2.24) is 10.2 Å². The predicted molar refractivity (Wildman–Crippen MR) is 76.4 cm³/mol. The lowest BCUT2D eigenvalue weighted by molar-refractivity contribution is -0.145. The summed E-state index contributed by atoms with van der Waals surface area (Å²) in [7, 11) is 0. The van der Waals surface area contributed by atoms with Crippen LogP contribution in [0.1, 0.15) is 32.1 Å². The first-order valence-corrected chi connectivity index (χ1v) is 7.51. The van der Waals surface area contributed by atoms with E-state index in [9.17, 15) is 14.4 Å². The Hall–Kier alpha value is -1.85. The summed E-state index contributed by atoms with van der Waals surface area (Å²) in [4.78, 5) is 36.4. The van der Waals surface area contributed by atoms with E-state index in [0.717, 1.165) is 19.3 Å². The highest BCUT2D eigenvalue weighted by atomic mass is 16.4. The van der Waals surface area contributed by atoms with Gasteiger partial charge in [-0.05, 0) is 32.1 Å². The number of nitrogens with zero attached hydrogens (tertiary/aromatic N) is 1. The van der Waals surface area contributed by atoms with E-state index in [1.165, 1.54) is 0 Å². The third-order valence-electron chi connectivity index (χ3n) is 4.25. The van der Waals surface area contributed by atoms with Crippen molar-refractivity contribution in [2.45, 2.75) is 32.1 Å². The number of piperidine rings is 1. The van der Waals surface area contributed by atoms with Crippen molar-refractivity contribution in [2.75, 3.05) is 19.6 Å². The van der Waals surface area contributed by atoms with Gasteiger partial charge in [0.15, 0.2) is 0 Å². The summed E-state index contributed by atoms with van der Waals surface area (Å²) in [5, 5.41) is 11.6. The van der Waals surface area contributed by atoms with E-state index < -0.39 is 5.97 Å². The number of carboxylic acid groups (broad SMARTS) is 1. The van der Waals surface area contributed by atoms with Gasteiger partial charge in [0.2, 0.25) is 11.8 Å². The number of hydrogen-bond donors (Lipinski definition) is 2. The third-order valence-corrected chi connectivity index (χ3v) is 4.25. The predicted octanol–water partition coefficient (Wildman–Crippen LogP) is 0.782. The molecule has 6 nitrogen and oxygen atoms in total. The Morgan fingerprint density at radius 2 is 1.81 bits per heavy atom.